The van der Waals surface area contributed by atoms with Gasteiger partial charge < -0.3 is 10.5 Å². The van der Waals surface area contributed by atoms with Gasteiger partial charge in [-0.25, -0.2) is 0 Å². The van der Waals surface area contributed by atoms with Crippen molar-refractivity contribution in [2.45, 2.75) is 44.9 Å². The van der Waals surface area contributed by atoms with Crippen LogP contribution in [0.2, 0.25) is 0 Å². The highest BCUT2D eigenvalue weighted by Gasteiger charge is 2.23. The Morgan fingerprint density at radius 3 is 2.18 bits per heavy atom. The number of ether oxygens (including phenoxy) is 1. The van der Waals surface area contributed by atoms with Crippen LogP contribution in [0.25, 0.3) is 0 Å². The Morgan fingerprint density at radius 1 is 0.964 bits per heavy atom. The molecular formula is C23H29ClN2O2. The molecule has 0 aliphatic heterocycles. The van der Waals surface area contributed by atoms with E-state index < -0.39 is 0 Å². The molecule has 1 aliphatic carbocycles. The SMILES string of the molecule is Cl.N=C(N)C1CCC(CCC(=O)Oc2ccc(Cc3ccccc3)cc2)CC1. The molecule has 0 bridgehead atoms. The highest BCUT2D eigenvalue weighted by Crippen LogP contribution is 2.31. The van der Waals surface area contributed by atoms with Crippen LogP contribution in [-0.2, 0) is 11.2 Å². The second-order valence-electron chi connectivity index (χ2n) is 7.49. The van der Waals surface area contributed by atoms with Crippen molar-refractivity contribution in [2.75, 3.05) is 0 Å². The normalized spacial score (nSPS) is 18.7. The van der Waals surface area contributed by atoms with Gasteiger partial charge in [0.05, 0.1) is 5.84 Å². The molecule has 0 spiro atoms. The molecule has 28 heavy (non-hydrogen) atoms. The number of nitrogens with one attached hydrogen (secondary N) is 1. The number of halogens is 1. The Balaban J connectivity index is 0.00000280. The van der Waals surface area contributed by atoms with E-state index in [1.807, 2.05) is 42.5 Å². The van der Waals surface area contributed by atoms with Crippen molar-refractivity contribution < 1.29 is 9.53 Å². The third-order valence-corrected chi connectivity index (χ3v) is 5.45. The van der Waals surface area contributed by atoms with Gasteiger partial charge in [0, 0.05) is 12.3 Å². The molecule has 0 amide bonds. The number of esters is 1. The lowest BCUT2D eigenvalue weighted by Crippen LogP contribution is -2.27. The van der Waals surface area contributed by atoms with Gasteiger partial charge >= 0.3 is 5.97 Å². The van der Waals surface area contributed by atoms with Crippen LogP contribution >= 0.6 is 12.4 Å². The molecular weight excluding hydrogens is 372 g/mol. The Hall–Kier alpha value is -2.33. The van der Waals surface area contributed by atoms with Crippen LogP contribution in [0.5, 0.6) is 5.75 Å². The van der Waals surface area contributed by atoms with Gasteiger partial charge in [-0.2, -0.15) is 0 Å². The van der Waals surface area contributed by atoms with E-state index in [-0.39, 0.29) is 24.3 Å². The van der Waals surface area contributed by atoms with Crippen LogP contribution in [0, 0.1) is 17.2 Å². The second-order valence-corrected chi connectivity index (χ2v) is 7.49. The number of amidine groups is 1. The number of benzene rings is 2. The molecule has 0 unspecified atom stereocenters. The maximum atomic E-state index is 12.1. The first-order valence-corrected chi connectivity index (χ1v) is 9.77. The maximum absolute atomic E-state index is 12.1. The maximum Gasteiger partial charge on any atom is 0.311 e. The van der Waals surface area contributed by atoms with Crippen molar-refractivity contribution in [3.05, 3.63) is 65.7 Å². The van der Waals surface area contributed by atoms with E-state index >= 15 is 0 Å². The Kier molecular flexibility index (Phi) is 8.52. The first kappa shape index (κ1) is 22.0. The molecule has 4 nitrogen and oxygen atoms in total. The molecule has 5 heteroatoms. The fourth-order valence-electron chi connectivity index (χ4n) is 3.77. The number of hydrogen-bond donors (Lipinski definition) is 2. The van der Waals surface area contributed by atoms with Gasteiger partial charge in [0.15, 0.2) is 0 Å². The summed E-state index contributed by atoms with van der Waals surface area (Å²) in [5.41, 5.74) is 8.05. The third kappa shape index (κ3) is 6.68. The minimum absolute atomic E-state index is 0. The van der Waals surface area contributed by atoms with Crippen molar-refractivity contribution in [1.29, 1.82) is 5.41 Å². The summed E-state index contributed by atoms with van der Waals surface area (Å²) in [6.07, 6.45) is 6.21. The van der Waals surface area contributed by atoms with Crippen LogP contribution in [-0.4, -0.2) is 11.8 Å². The van der Waals surface area contributed by atoms with E-state index in [1.54, 1.807) is 0 Å². The van der Waals surface area contributed by atoms with E-state index in [9.17, 15) is 4.79 Å². The number of carbonyl (C=O) groups excluding carboxylic acids is 1. The summed E-state index contributed by atoms with van der Waals surface area (Å²) in [6, 6.07) is 18.1. The van der Waals surface area contributed by atoms with Crippen molar-refractivity contribution >= 4 is 24.2 Å². The number of nitrogens with two attached hydrogens (primary N) is 1. The Labute approximate surface area is 173 Å². The Bertz CT molecular complexity index is 754. The van der Waals surface area contributed by atoms with Gasteiger partial charge in [-0.1, -0.05) is 42.5 Å². The summed E-state index contributed by atoms with van der Waals surface area (Å²) >= 11 is 0. The predicted octanol–water partition coefficient (Wildman–Crippen LogP) is 5.13. The van der Waals surface area contributed by atoms with Crippen molar-refractivity contribution in [3.63, 3.8) is 0 Å². The Morgan fingerprint density at radius 2 is 1.57 bits per heavy atom. The minimum Gasteiger partial charge on any atom is -0.427 e. The first-order chi connectivity index (χ1) is 13.1. The van der Waals surface area contributed by atoms with Crippen molar-refractivity contribution in [3.8, 4) is 5.75 Å². The molecule has 0 aromatic heterocycles. The van der Waals surface area contributed by atoms with E-state index in [0.29, 0.717) is 23.9 Å². The molecule has 1 saturated carbocycles. The highest BCUT2D eigenvalue weighted by atomic mass is 35.5. The lowest BCUT2D eigenvalue weighted by Gasteiger charge is -2.27. The van der Waals surface area contributed by atoms with Crippen LogP contribution < -0.4 is 10.5 Å². The molecule has 1 fully saturated rings. The second kappa shape index (κ2) is 10.9. The minimum atomic E-state index is -0.167. The quantitative estimate of drug-likeness (QED) is 0.293. The highest BCUT2D eigenvalue weighted by molar-refractivity contribution is 5.85. The summed E-state index contributed by atoms with van der Waals surface area (Å²) in [5.74, 6) is 1.53. The summed E-state index contributed by atoms with van der Waals surface area (Å²) in [6.45, 7) is 0. The fraction of sp³-hybridized carbons (Fsp3) is 0.391. The summed E-state index contributed by atoms with van der Waals surface area (Å²) in [5, 5.41) is 7.53. The monoisotopic (exact) mass is 400 g/mol. The van der Waals surface area contributed by atoms with E-state index in [4.69, 9.17) is 15.9 Å². The van der Waals surface area contributed by atoms with Crippen LogP contribution in [0.3, 0.4) is 0 Å². The first-order valence-electron chi connectivity index (χ1n) is 9.77. The van der Waals surface area contributed by atoms with Crippen LogP contribution in [0.1, 0.15) is 49.7 Å². The summed E-state index contributed by atoms with van der Waals surface area (Å²) in [7, 11) is 0. The van der Waals surface area contributed by atoms with Gasteiger partial charge in [-0.05, 0) is 67.7 Å². The molecule has 0 radical (unpaired) electrons. The molecule has 0 heterocycles. The zero-order valence-electron chi connectivity index (χ0n) is 16.1. The number of carbonyl (C=O) groups is 1. The zero-order valence-corrected chi connectivity index (χ0v) is 16.9. The van der Waals surface area contributed by atoms with Gasteiger partial charge in [-0.3, -0.25) is 10.2 Å². The average molecular weight is 401 g/mol. The third-order valence-electron chi connectivity index (χ3n) is 5.45. The lowest BCUT2D eigenvalue weighted by atomic mass is 9.79. The number of rotatable bonds is 7. The van der Waals surface area contributed by atoms with Crippen LogP contribution in [0.15, 0.2) is 54.6 Å². The van der Waals surface area contributed by atoms with Crippen molar-refractivity contribution in [2.24, 2.45) is 17.6 Å². The molecule has 3 rings (SSSR count). The summed E-state index contributed by atoms with van der Waals surface area (Å²) < 4.78 is 5.48. The van der Waals surface area contributed by atoms with E-state index in [0.717, 1.165) is 38.5 Å². The van der Waals surface area contributed by atoms with Crippen LogP contribution in [0.4, 0.5) is 0 Å². The van der Waals surface area contributed by atoms with Gasteiger partial charge in [0.2, 0.25) is 0 Å². The molecule has 2 aromatic rings. The number of hydrogen-bond acceptors (Lipinski definition) is 3. The predicted molar refractivity (Wildman–Crippen MR) is 115 cm³/mol. The standard InChI is InChI=1S/C23H28N2O2.ClH/c24-23(25)20-11-6-17(7-12-20)10-15-22(26)27-21-13-8-19(9-14-21)16-18-4-2-1-3-5-18;/h1-5,8-9,13-14,17,20H,6-7,10-12,15-16H2,(H3,24,25);1H. The fourth-order valence-corrected chi connectivity index (χ4v) is 3.77. The van der Waals surface area contributed by atoms with E-state index in [2.05, 4.69) is 12.1 Å². The lowest BCUT2D eigenvalue weighted by molar-refractivity contribution is -0.134. The molecule has 1 aliphatic rings. The van der Waals surface area contributed by atoms with E-state index in [1.165, 1.54) is 11.1 Å². The molecule has 0 atom stereocenters. The average Bonchev–Trinajstić information content (AvgIpc) is 2.69. The molecule has 150 valence electrons. The topological polar surface area (TPSA) is 76.2 Å². The zero-order chi connectivity index (χ0) is 19.1. The van der Waals surface area contributed by atoms with Gasteiger partial charge in [-0.15, -0.1) is 12.4 Å². The molecule has 2 aromatic carbocycles. The largest absolute Gasteiger partial charge is 0.427 e. The van der Waals surface area contributed by atoms with Crippen molar-refractivity contribution in [1.82, 2.24) is 0 Å². The summed E-state index contributed by atoms with van der Waals surface area (Å²) in [4.78, 5) is 12.1. The van der Waals surface area contributed by atoms with Gasteiger partial charge in [0.1, 0.15) is 5.75 Å². The molecule has 0 saturated heterocycles. The van der Waals surface area contributed by atoms with Gasteiger partial charge in [0.25, 0.3) is 0 Å². The molecule has 3 N–H and O–H groups in total. The smallest absolute Gasteiger partial charge is 0.311 e.